The van der Waals surface area contributed by atoms with E-state index in [9.17, 15) is 4.79 Å². The maximum Gasteiger partial charge on any atom is 0.334 e. The van der Waals surface area contributed by atoms with Crippen LogP contribution in [-0.2, 0) is 47.4 Å². The van der Waals surface area contributed by atoms with Crippen molar-refractivity contribution in [3.05, 3.63) is 23.8 Å². The maximum absolute atomic E-state index is 12.0. The SMILES string of the molecule is CCCCCCCCCC[C@@H]1O[C@H]([C@@H]2CC[C@H]([C@@H](CCCC#C/C=C/CCC[C@H](CC3=C[C@H](C)OC3=O)OCOC)OCOC)O2)CC[C@H]1OCOC. The molecule has 10 heteroatoms. The van der Waals surface area contributed by atoms with Crippen LogP contribution in [0.1, 0.15) is 142 Å². The van der Waals surface area contributed by atoms with Gasteiger partial charge in [0.25, 0.3) is 0 Å². The lowest BCUT2D eigenvalue weighted by Crippen LogP contribution is -2.45. The summed E-state index contributed by atoms with van der Waals surface area (Å²) in [6, 6.07) is 0. The van der Waals surface area contributed by atoms with Crippen LogP contribution in [0.25, 0.3) is 0 Å². The van der Waals surface area contributed by atoms with Gasteiger partial charge in [-0.3, -0.25) is 0 Å². The Labute approximate surface area is 321 Å². The van der Waals surface area contributed by atoms with Gasteiger partial charge in [-0.25, -0.2) is 4.79 Å². The van der Waals surface area contributed by atoms with Crippen LogP contribution in [-0.4, -0.2) is 96.5 Å². The molecule has 0 bridgehead atoms. The lowest BCUT2D eigenvalue weighted by Gasteiger charge is -2.39. The lowest BCUT2D eigenvalue weighted by molar-refractivity contribution is -0.202. The molecule has 0 saturated carbocycles. The number of hydrogen-bond donors (Lipinski definition) is 0. The van der Waals surface area contributed by atoms with E-state index in [1.165, 1.54) is 51.4 Å². The largest absolute Gasteiger partial charge is 0.455 e. The van der Waals surface area contributed by atoms with Crippen LogP contribution in [0.2, 0.25) is 0 Å². The Hall–Kier alpha value is -1.81. The van der Waals surface area contributed by atoms with Gasteiger partial charge in [-0.2, -0.15) is 0 Å². The fourth-order valence-electron chi connectivity index (χ4n) is 7.58. The zero-order valence-corrected chi connectivity index (χ0v) is 33.7. The third-order valence-corrected chi connectivity index (χ3v) is 10.4. The van der Waals surface area contributed by atoms with E-state index in [1.54, 1.807) is 21.3 Å². The highest BCUT2D eigenvalue weighted by molar-refractivity contribution is 5.90. The minimum atomic E-state index is -0.245. The Balaban J connectivity index is 1.37. The molecule has 3 aliphatic heterocycles. The molecule has 0 aliphatic carbocycles. The van der Waals surface area contributed by atoms with Crippen molar-refractivity contribution in [1.29, 1.82) is 0 Å². The molecule has 10 nitrogen and oxygen atoms in total. The lowest BCUT2D eigenvalue weighted by atomic mass is 9.93. The number of ether oxygens (including phenoxy) is 9. The summed E-state index contributed by atoms with van der Waals surface area (Å²) in [5.74, 6) is 6.22. The molecule has 0 aromatic rings. The van der Waals surface area contributed by atoms with Gasteiger partial charge in [0.05, 0.1) is 42.7 Å². The Morgan fingerprint density at radius 2 is 1.55 bits per heavy atom. The van der Waals surface area contributed by atoms with Gasteiger partial charge in [0.15, 0.2) is 0 Å². The van der Waals surface area contributed by atoms with Crippen LogP contribution in [0.5, 0.6) is 0 Å². The minimum Gasteiger partial charge on any atom is -0.455 e. The molecule has 0 spiro atoms. The standard InChI is InChI=1S/C43H72O10/c1-6-7-8-9-10-14-18-21-24-39-38(50-33-47-5)25-26-41(52-39)42-28-27-40(53-42)37(49-32-46-4)23-20-17-15-12-11-13-16-19-22-36(48-31-45-3)30-35-29-34(2)51-43(35)44/h11,13,29,34,36-42H,6-10,14,16-28,30-33H2,1-5H3/b13-11+/t34-,36+,37+,38+,39-,40+,41-,42-/m0/s1. The molecule has 2 saturated heterocycles. The molecule has 0 radical (unpaired) electrons. The van der Waals surface area contributed by atoms with Crippen molar-refractivity contribution in [2.24, 2.45) is 0 Å². The molecule has 3 aliphatic rings. The number of unbranched alkanes of at least 4 members (excludes halogenated alkanes) is 9. The van der Waals surface area contributed by atoms with Gasteiger partial charge in [-0.1, -0.05) is 76.2 Å². The average molecular weight is 749 g/mol. The number of hydrogen-bond acceptors (Lipinski definition) is 10. The predicted molar refractivity (Wildman–Crippen MR) is 206 cm³/mol. The molecule has 0 amide bonds. The number of methoxy groups -OCH3 is 3. The molecular weight excluding hydrogens is 676 g/mol. The Morgan fingerprint density at radius 3 is 2.28 bits per heavy atom. The van der Waals surface area contributed by atoms with Gasteiger partial charge in [0.1, 0.15) is 26.5 Å². The van der Waals surface area contributed by atoms with Crippen molar-refractivity contribution in [2.45, 2.75) is 191 Å². The maximum atomic E-state index is 12.0. The Morgan fingerprint density at radius 1 is 0.830 bits per heavy atom. The molecule has 2 fully saturated rings. The summed E-state index contributed by atoms with van der Waals surface area (Å²) < 4.78 is 52.3. The zero-order valence-electron chi connectivity index (χ0n) is 33.7. The summed E-state index contributed by atoms with van der Waals surface area (Å²) in [5.41, 5.74) is 0.688. The third kappa shape index (κ3) is 18.6. The van der Waals surface area contributed by atoms with E-state index in [0.717, 1.165) is 70.6 Å². The predicted octanol–water partition coefficient (Wildman–Crippen LogP) is 8.74. The van der Waals surface area contributed by atoms with Crippen LogP contribution in [0.4, 0.5) is 0 Å². The highest BCUT2D eigenvalue weighted by Crippen LogP contribution is 2.35. The van der Waals surface area contributed by atoms with Crippen LogP contribution in [0.3, 0.4) is 0 Å². The van der Waals surface area contributed by atoms with Gasteiger partial charge in [-0.15, -0.1) is 0 Å². The topological polar surface area (TPSA) is 100 Å². The summed E-state index contributed by atoms with van der Waals surface area (Å²) >= 11 is 0. The second-order valence-corrected chi connectivity index (χ2v) is 14.8. The van der Waals surface area contributed by atoms with E-state index in [4.69, 9.17) is 42.6 Å². The van der Waals surface area contributed by atoms with E-state index < -0.39 is 0 Å². The summed E-state index contributed by atoms with van der Waals surface area (Å²) in [6.07, 6.45) is 27.0. The first kappa shape index (κ1) is 45.6. The van der Waals surface area contributed by atoms with E-state index in [-0.39, 0.29) is 68.4 Å². The summed E-state index contributed by atoms with van der Waals surface area (Å²) in [5, 5.41) is 0. The third-order valence-electron chi connectivity index (χ3n) is 10.4. The fourth-order valence-corrected chi connectivity index (χ4v) is 7.58. The molecule has 8 atom stereocenters. The van der Waals surface area contributed by atoms with Gasteiger partial charge in [-0.05, 0) is 83.3 Å². The van der Waals surface area contributed by atoms with Gasteiger partial charge >= 0.3 is 5.97 Å². The Kier molecular flexibility index (Phi) is 24.6. The minimum absolute atomic E-state index is 0.0240. The summed E-state index contributed by atoms with van der Waals surface area (Å²) in [7, 11) is 4.94. The van der Waals surface area contributed by atoms with Crippen molar-refractivity contribution in [3.8, 4) is 11.8 Å². The van der Waals surface area contributed by atoms with E-state index in [2.05, 4.69) is 24.8 Å². The number of rotatable bonds is 29. The summed E-state index contributed by atoms with van der Waals surface area (Å²) in [6.45, 7) is 4.89. The number of allylic oxidation sites excluding steroid dienone is 2. The van der Waals surface area contributed by atoms with Gasteiger partial charge in [0.2, 0.25) is 0 Å². The van der Waals surface area contributed by atoms with Crippen molar-refractivity contribution in [1.82, 2.24) is 0 Å². The first-order chi connectivity index (χ1) is 26.0. The smallest absolute Gasteiger partial charge is 0.334 e. The van der Waals surface area contributed by atoms with Crippen molar-refractivity contribution in [2.75, 3.05) is 41.7 Å². The van der Waals surface area contributed by atoms with Crippen LogP contribution >= 0.6 is 0 Å². The van der Waals surface area contributed by atoms with Crippen LogP contribution in [0.15, 0.2) is 23.8 Å². The Bertz CT molecular complexity index is 1080. The first-order valence-electron chi connectivity index (χ1n) is 20.7. The second-order valence-electron chi connectivity index (χ2n) is 14.8. The van der Waals surface area contributed by atoms with Crippen molar-refractivity contribution in [3.63, 3.8) is 0 Å². The number of carbonyl (C=O) groups excluding carboxylic acids is 1. The van der Waals surface area contributed by atoms with E-state index in [0.29, 0.717) is 18.8 Å². The second kappa shape index (κ2) is 28.6. The van der Waals surface area contributed by atoms with Gasteiger partial charge < -0.3 is 42.6 Å². The zero-order chi connectivity index (χ0) is 37.9. The monoisotopic (exact) mass is 749 g/mol. The number of carbonyl (C=O) groups is 1. The highest BCUT2D eigenvalue weighted by Gasteiger charge is 2.41. The van der Waals surface area contributed by atoms with Crippen LogP contribution < -0.4 is 0 Å². The van der Waals surface area contributed by atoms with Gasteiger partial charge in [0, 0.05) is 39.7 Å². The van der Waals surface area contributed by atoms with Crippen molar-refractivity contribution >= 4 is 5.97 Å². The molecule has 0 unspecified atom stereocenters. The van der Waals surface area contributed by atoms with E-state index in [1.807, 2.05) is 19.1 Å². The number of esters is 1. The fraction of sp³-hybridized carbons (Fsp3) is 0.837. The average Bonchev–Trinajstić information content (AvgIpc) is 3.78. The van der Waals surface area contributed by atoms with E-state index >= 15 is 0 Å². The normalized spacial score (nSPS) is 25.7. The first-order valence-corrected chi connectivity index (χ1v) is 20.7. The molecule has 0 N–H and O–H groups in total. The summed E-state index contributed by atoms with van der Waals surface area (Å²) in [4.78, 5) is 12.0. The molecule has 3 rings (SSSR count). The van der Waals surface area contributed by atoms with Crippen molar-refractivity contribution < 1.29 is 47.4 Å². The highest BCUT2D eigenvalue weighted by atomic mass is 16.7. The molecule has 3 heterocycles. The number of cyclic esters (lactones) is 1. The molecule has 0 aromatic carbocycles. The molecule has 304 valence electrons. The molecule has 53 heavy (non-hydrogen) atoms. The molecule has 0 aromatic heterocycles. The quantitative estimate of drug-likeness (QED) is 0.0320. The molecular formula is C43H72O10. The van der Waals surface area contributed by atoms with Crippen LogP contribution in [0, 0.1) is 11.8 Å².